The van der Waals surface area contributed by atoms with Crippen molar-refractivity contribution in [3.63, 3.8) is 0 Å². The number of carboxylic acid groups (broad SMARTS) is 1. The molecule has 0 amide bonds. The Labute approximate surface area is 104 Å². The third kappa shape index (κ3) is 3.42. The average Bonchev–Trinajstić information content (AvgIpc) is 2.67. The van der Waals surface area contributed by atoms with Gasteiger partial charge in [0.25, 0.3) is 0 Å². The molecule has 2 atom stereocenters. The fourth-order valence-electron chi connectivity index (χ4n) is 3.30. The molecule has 2 aliphatic rings. The Balaban J connectivity index is 1.89. The summed E-state index contributed by atoms with van der Waals surface area (Å²) in [6.07, 6.45) is 7.34. The zero-order chi connectivity index (χ0) is 12.3. The van der Waals surface area contributed by atoms with Crippen LogP contribution >= 0.6 is 0 Å². The molecular weight excluding hydrogens is 216 g/mol. The highest BCUT2D eigenvalue weighted by molar-refractivity contribution is 5.69. The molecule has 2 aliphatic heterocycles. The number of rotatable bonds is 4. The summed E-state index contributed by atoms with van der Waals surface area (Å²) in [4.78, 5) is 15.5. The third-order valence-corrected chi connectivity index (χ3v) is 4.30. The maximum absolute atomic E-state index is 10.9. The Hall–Kier alpha value is -0.610. The van der Waals surface area contributed by atoms with E-state index in [-0.39, 0.29) is 6.54 Å². The van der Waals surface area contributed by atoms with Crippen molar-refractivity contribution in [3.05, 3.63) is 0 Å². The number of nitrogens with zero attached hydrogens (tertiary/aromatic N) is 2. The lowest BCUT2D eigenvalue weighted by molar-refractivity contribution is -0.139. The van der Waals surface area contributed by atoms with Gasteiger partial charge in [-0.1, -0.05) is 6.42 Å². The van der Waals surface area contributed by atoms with Gasteiger partial charge in [0.05, 0.1) is 6.54 Å². The molecule has 2 rings (SSSR count). The lowest BCUT2D eigenvalue weighted by Gasteiger charge is -2.37. The van der Waals surface area contributed by atoms with E-state index in [1.54, 1.807) is 0 Å². The number of likely N-dealkylation sites (tertiary alicyclic amines) is 2. The Morgan fingerprint density at radius 2 is 1.94 bits per heavy atom. The Morgan fingerprint density at radius 3 is 2.59 bits per heavy atom. The summed E-state index contributed by atoms with van der Waals surface area (Å²) in [6.45, 7) is 2.39. The second kappa shape index (κ2) is 5.83. The zero-order valence-electron chi connectivity index (χ0n) is 10.8. The molecule has 0 aromatic heterocycles. The number of aliphatic carboxylic acids is 1. The molecule has 2 fully saturated rings. The van der Waals surface area contributed by atoms with E-state index in [1.165, 1.54) is 32.2 Å². The van der Waals surface area contributed by atoms with Crippen molar-refractivity contribution in [2.24, 2.45) is 0 Å². The van der Waals surface area contributed by atoms with E-state index in [2.05, 4.69) is 16.8 Å². The van der Waals surface area contributed by atoms with E-state index in [0.717, 1.165) is 19.4 Å². The van der Waals surface area contributed by atoms with E-state index >= 15 is 0 Å². The lowest BCUT2D eigenvalue weighted by Crippen LogP contribution is -2.45. The van der Waals surface area contributed by atoms with Crippen LogP contribution in [0.15, 0.2) is 0 Å². The van der Waals surface area contributed by atoms with Gasteiger partial charge in [0, 0.05) is 12.1 Å². The summed E-state index contributed by atoms with van der Waals surface area (Å²) in [5.74, 6) is -0.684. The molecule has 1 unspecified atom stereocenters. The van der Waals surface area contributed by atoms with Crippen LogP contribution in [0, 0.1) is 0 Å². The highest BCUT2D eigenvalue weighted by Crippen LogP contribution is 2.26. The minimum absolute atomic E-state index is 0.223. The molecule has 2 heterocycles. The summed E-state index contributed by atoms with van der Waals surface area (Å²) < 4.78 is 0. The van der Waals surface area contributed by atoms with Crippen LogP contribution in [0.25, 0.3) is 0 Å². The maximum Gasteiger partial charge on any atom is 0.317 e. The van der Waals surface area contributed by atoms with Gasteiger partial charge >= 0.3 is 5.97 Å². The van der Waals surface area contributed by atoms with Gasteiger partial charge in [-0.15, -0.1) is 0 Å². The van der Waals surface area contributed by atoms with Crippen molar-refractivity contribution in [1.29, 1.82) is 0 Å². The molecular formula is C13H24N2O2. The van der Waals surface area contributed by atoms with Crippen molar-refractivity contribution < 1.29 is 9.90 Å². The molecule has 0 bridgehead atoms. The average molecular weight is 240 g/mol. The molecule has 0 radical (unpaired) electrons. The number of carboxylic acids is 1. The highest BCUT2D eigenvalue weighted by atomic mass is 16.4. The second-order valence-electron chi connectivity index (χ2n) is 5.53. The molecule has 2 saturated heterocycles. The van der Waals surface area contributed by atoms with Gasteiger partial charge in [0.15, 0.2) is 0 Å². The van der Waals surface area contributed by atoms with Gasteiger partial charge in [-0.2, -0.15) is 0 Å². The molecule has 17 heavy (non-hydrogen) atoms. The van der Waals surface area contributed by atoms with Crippen molar-refractivity contribution >= 4 is 5.97 Å². The Morgan fingerprint density at radius 1 is 1.18 bits per heavy atom. The van der Waals surface area contributed by atoms with Gasteiger partial charge in [-0.25, -0.2) is 0 Å². The number of carbonyl (C=O) groups is 1. The summed E-state index contributed by atoms with van der Waals surface area (Å²) in [5, 5.41) is 8.94. The maximum atomic E-state index is 10.9. The second-order valence-corrected chi connectivity index (χ2v) is 5.53. The molecule has 1 N–H and O–H groups in total. The van der Waals surface area contributed by atoms with Crippen molar-refractivity contribution in [1.82, 2.24) is 9.80 Å². The van der Waals surface area contributed by atoms with Crippen LogP contribution < -0.4 is 0 Å². The Bertz CT molecular complexity index is 270. The molecule has 4 nitrogen and oxygen atoms in total. The summed E-state index contributed by atoms with van der Waals surface area (Å²) in [5.41, 5.74) is 0. The monoisotopic (exact) mass is 240 g/mol. The van der Waals surface area contributed by atoms with E-state index in [9.17, 15) is 4.79 Å². The van der Waals surface area contributed by atoms with E-state index < -0.39 is 5.97 Å². The van der Waals surface area contributed by atoms with Gasteiger partial charge in [-0.3, -0.25) is 9.69 Å². The van der Waals surface area contributed by atoms with Crippen LogP contribution in [0.3, 0.4) is 0 Å². The van der Waals surface area contributed by atoms with Crippen LogP contribution in [0.4, 0.5) is 0 Å². The number of hydrogen-bond acceptors (Lipinski definition) is 3. The minimum atomic E-state index is -0.684. The summed E-state index contributed by atoms with van der Waals surface area (Å²) in [7, 11) is 2.20. The minimum Gasteiger partial charge on any atom is -0.480 e. The van der Waals surface area contributed by atoms with Crippen LogP contribution in [0.2, 0.25) is 0 Å². The van der Waals surface area contributed by atoms with Crippen LogP contribution in [-0.2, 0) is 4.79 Å². The molecule has 4 heteroatoms. The first kappa shape index (κ1) is 12.8. The number of hydrogen-bond donors (Lipinski definition) is 1. The summed E-state index contributed by atoms with van der Waals surface area (Å²) in [6, 6.07) is 1.17. The quantitative estimate of drug-likeness (QED) is 0.807. The zero-order valence-corrected chi connectivity index (χ0v) is 10.8. The third-order valence-electron chi connectivity index (χ3n) is 4.30. The predicted octanol–water partition coefficient (Wildman–Crippen LogP) is 1.41. The molecule has 0 aliphatic carbocycles. The van der Waals surface area contributed by atoms with Crippen molar-refractivity contribution in [3.8, 4) is 0 Å². The van der Waals surface area contributed by atoms with Crippen LogP contribution in [-0.4, -0.2) is 59.6 Å². The van der Waals surface area contributed by atoms with Crippen molar-refractivity contribution in [2.75, 3.05) is 26.7 Å². The number of piperidine rings is 1. The first-order chi connectivity index (χ1) is 8.16. The topological polar surface area (TPSA) is 43.8 Å². The fraction of sp³-hybridized carbons (Fsp3) is 0.923. The van der Waals surface area contributed by atoms with E-state index in [0.29, 0.717) is 12.1 Å². The molecule has 98 valence electrons. The Kier molecular flexibility index (Phi) is 4.40. The SMILES string of the molecule is CN1CCC[C@H]1CC1CCCCN1CC(=O)O. The van der Waals surface area contributed by atoms with Crippen LogP contribution in [0.1, 0.15) is 38.5 Å². The molecule has 0 aromatic carbocycles. The lowest BCUT2D eigenvalue weighted by atomic mass is 9.95. The highest BCUT2D eigenvalue weighted by Gasteiger charge is 2.29. The fourth-order valence-corrected chi connectivity index (χ4v) is 3.30. The van der Waals surface area contributed by atoms with E-state index in [4.69, 9.17) is 5.11 Å². The smallest absolute Gasteiger partial charge is 0.317 e. The molecule has 0 saturated carbocycles. The first-order valence-corrected chi connectivity index (χ1v) is 6.83. The van der Waals surface area contributed by atoms with Crippen molar-refractivity contribution in [2.45, 2.75) is 50.6 Å². The largest absolute Gasteiger partial charge is 0.480 e. The van der Waals surface area contributed by atoms with Crippen LogP contribution in [0.5, 0.6) is 0 Å². The molecule has 0 aromatic rings. The van der Waals surface area contributed by atoms with Gasteiger partial charge < -0.3 is 10.0 Å². The van der Waals surface area contributed by atoms with Gasteiger partial charge in [-0.05, 0) is 52.2 Å². The first-order valence-electron chi connectivity index (χ1n) is 6.83. The molecule has 0 spiro atoms. The summed E-state index contributed by atoms with van der Waals surface area (Å²) >= 11 is 0. The predicted molar refractivity (Wildman–Crippen MR) is 67.1 cm³/mol. The van der Waals surface area contributed by atoms with E-state index in [1.807, 2.05) is 0 Å². The standard InChI is InChI=1S/C13H24N2O2/c1-14-7-4-6-11(14)9-12-5-2-3-8-15(12)10-13(16)17/h11-12H,2-10H2,1H3,(H,16,17)/t11-,12?/m0/s1. The van der Waals surface area contributed by atoms with Gasteiger partial charge in [0.1, 0.15) is 0 Å². The normalized spacial score (nSPS) is 31.8. The van der Waals surface area contributed by atoms with Gasteiger partial charge in [0.2, 0.25) is 0 Å².